The number of hydrogen-bond acceptors (Lipinski definition) is 5. The van der Waals surface area contributed by atoms with E-state index in [9.17, 15) is 4.79 Å². The number of likely N-dealkylation sites (tertiary alicyclic amines) is 1. The van der Waals surface area contributed by atoms with Crippen molar-refractivity contribution in [1.82, 2.24) is 19.7 Å². The quantitative estimate of drug-likeness (QED) is 0.194. The number of urea groups is 1. The number of benzene rings is 2. The molecule has 3 heterocycles. The van der Waals surface area contributed by atoms with Crippen molar-refractivity contribution in [3.8, 4) is 5.75 Å². The van der Waals surface area contributed by atoms with Crippen LogP contribution >= 0.6 is 23.2 Å². The van der Waals surface area contributed by atoms with E-state index in [0.717, 1.165) is 42.8 Å². The van der Waals surface area contributed by atoms with Gasteiger partial charge in [-0.3, -0.25) is 19.7 Å². The number of halogens is 2. The summed E-state index contributed by atoms with van der Waals surface area (Å²) in [5.41, 5.74) is 1.09. The van der Waals surface area contributed by atoms with E-state index in [1.165, 1.54) is 0 Å². The average Bonchev–Trinajstić information content (AvgIpc) is 3.35. The van der Waals surface area contributed by atoms with Crippen molar-refractivity contribution in [3.63, 3.8) is 0 Å². The number of amidine groups is 1. The Balaban J connectivity index is 1.58. The summed E-state index contributed by atoms with van der Waals surface area (Å²) in [6.45, 7) is 24.1. The molecular weight excluding hydrogens is 717 g/mol. The van der Waals surface area contributed by atoms with Gasteiger partial charge in [0.25, 0.3) is 0 Å². The van der Waals surface area contributed by atoms with E-state index in [1.807, 2.05) is 76.2 Å². The molecule has 8 nitrogen and oxygen atoms in total. The second-order valence-corrected chi connectivity index (χ2v) is 18.1. The zero-order valence-corrected chi connectivity index (χ0v) is 35.4. The van der Waals surface area contributed by atoms with Crippen molar-refractivity contribution in [3.05, 3.63) is 93.2 Å². The van der Waals surface area contributed by atoms with Gasteiger partial charge in [0.15, 0.2) is 0 Å². The second-order valence-electron chi connectivity index (χ2n) is 17.2. The zero-order chi connectivity index (χ0) is 39.6. The lowest BCUT2D eigenvalue weighted by Gasteiger charge is -2.47. The first kappa shape index (κ1) is 41.5. The third-order valence-corrected chi connectivity index (χ3v) is 11.5. The number of hydrogen-bond donors (Lipinski definition) is 0. The van der Waals surface area contributed by atoms with Crippen LogP contribution in [0, 0.1) is 17.8 Å². The Morgan fingerprint density at radius 2 is 1.44 bits per heavy atom. The molecule has 0 saturated carbocycles. The van der Waals surface area contributed by atoms with Crippen LogP contribution in [0.4, 0.5) is 4.79 Å². The summed E-state index contributed by atoms with van der Waals surface area (Å²) in [6.07, 6.45) is 3.79. The number of rotatable bonds is 11. The summed E-state index contributed by atoms with van der Waals surface area (Å²) in [5, 5.41) is 1.22. The first-order chi connectivity index (χ1) is 25.4. The first-order valence-corrected chi connectivity index (χ1v) is 20.3. The summed E-state index contributed by atoms with van der Waals surface area (Å²) < 4.78 is 6.31. The Morgan fingerprint density at radius 1 is 0.907 bits per heavy atom. The van der Waals surface area contributed by atoms with Crippen molar-refractivity contribution < 1.29 is 14.3 Å². The van der Waals surface area contributed by atoms with Gasteiger partial charge in [0.1, 0.15) is 22.7 Å². The van der Waals surface area contributed by atoms with Crippen molar-refractivity contribution in [1.29, 1.82) is 0 Å². The number of aromatic nitrogens is 1. The minimum absolute atomic E-state index is 0.155. The molecule has 0 bridgehead atoms. The maximum atomic E-state index is 15.4. The van der Waals surface area contributed by atoms with Gasteiger partial charge < -0.3 is 14.5 Å². The molecule has 10 heteroatoms. The Hall–Kier alpha value is -3.62. The highest BCUT2D eigenvalue weighted by molar-refractivity contribution is 6.30. The van der Waals surface area contributed by atoms with Crippen molar-refractivity contribution in [2.24, 2.45) is 22.7 Å². The van der Waals surface area contributed by atoms with Gasteiger partial charge in [0, 0.05) is 66.0 Å². The van der Waals surface area contributed by atoms with E-state index in [-0.39, 0.29) is 23.3 Å². The predicted molar refractivity (Wildman–Crippen MR) is 221 cm³/mol. The molecule has 5 rings (SSSR count). The van der Waals surface area contributed by atoms with E-state index in [1.54, 1.807) is 6.20 Å². The highest BCUT2D eigenvalue weighted by atomic mass is 35.5. The number of aliphatic imine (C=N–C) groups is 1. The molecule has 1 saturated heterocycles. The standard InChI is InChI=1S/C44H59Cl2N5O3/c1-11-54-37-25-38(42(6,7)8)47-26-36(37)40-48-43(9,32-12-16-34(45)17-13-32)44(10,33-14-18-35(46)19-15-33)51(40)41(53)49-22-20-31(21-23-49)24-39(52)50(27-29(2)3)28-30(4)5/h12-19,25-26,29-31H,11,20-24,27-28H2,1-10H3/t43-,44+/m0/s1. The third-order valence-electron chi connectivity index (χ3n) is 11.0. The Kier molecular flexibility index (Phi) is 12.8. The molecule has 0 radical (unpaired) electrons. The Bertz CT molecular complexity index is 1800. The highest BCUT2D eigenvalue weighted by Crippen LogP contribution is 2.54. The lowest BCUT2D eigenvalue weighted by molar-refractivity contribution is -0.133. The van der Waals surface area contributed by atoms with Crippen LogP contribution in [0.15, 0.2) is 65.8 Å². The average molecular weight is 777 g/mol. The summed E-state index contributed by atoms with van der Waals surface area (Å²) >= 11 is 12.9. The maximum absolute atomic E-state index is 15.4. The monoisotopic (exact) mass is 775 g/mol. The summed E-state index contributed by atoms with van der Waals surface area (Å²) in [4.78, 5) is 45.2. The largest absolute Gasteiger partial charge is 0.493 e. The van der Waals surface area contributed by atoms with Gasteiger partial charge in [-0.1, -0.05) is 95.9 Å². The Labute approximate surface area is 333 Å². The van der Waals surface area contributed by atoms with Gasteiger partial charge in [-0.15, -0.1) is 0 Å². The minimum atomic E-state index is -1.02. The van der Waals surface area contributed by atoms with Gasteiger partial charge in [-0.05, 0) is 86.8 Å². The molecule has 2 aliphatic heterocycles. The molecule has 0 N–H and O–H groups in total. The molecule has 1 fully saturated rings. The van der Waals surface area contributed by atoms with E-state index in [4.69, 9.17) is 37.9 Å². The fourth-order valence-corrected chi connectivity index (χ4v) is 8.11. The fraction of sp³-hybridized carbons (Fsp3) is 0.545. The molecular formula is C44H59Cl2N5O3. The fourth-order valence-electron chi connectivity index (χ4n) is 7.86. The highest BCUT2D eigenvalue weighted by Gasteiger charge is 2.60. The van der Waals surface area contributed by atoms with E-state index < -0.39 is 11.1 Å². The maximum Gasteiger partial charge on any atom is 0.326 e. The molecule has 0 unspecified atom stereocenters. The van der Waals surface area contributed by atoms with E-state index in [0.29, 0.717) is 65.1 Å². The molecule has 0 spiro atoms. The van der Waals surface area contributed by atoms with Crippen molar-refractivity contribution in [2.45, 2.75) is 105 Å². The molecule has 2 aliphatic rings. The van der Waals surface area contributed by atoms with E-state index >= 15 is 4.79 Å². The summed E-state index contributed by atoms with van der Waals surface area (Å²) in [7, 11) is 0. The number of pyridine rings is 1. The van der Waals surface area contributed by atoms with Crippen molar-refractivity contribution in [2.75, 3.05) is 32.8 Å². The minimum Gasteiger partial charge on any atom is -0.493 e. The molecule has 54 heavy (non-hydrogen) atoms. The van der Waals surface area contributed by atoms with Crippen LogP contribution in [0.25, 0.3) is 0 Å². The smallest absolute Gasteiger partial charge is 0.326 e. The van der Waals surface area contributed by atoms with Crippen LogP contribution in [0.1, 0.15) is 111 Å². The van der Waals surface area contributed by atoms with Gasteiger partial charge in [-0.25, -0.2) is 4.79 Å². The van der Waals surface area contributed by atoms with Crippen LogP contribution in [0.2, 0.25) is 10.0 Å². The number of ether oxygens (including phenoxy) is 1. The molecule has 2 aromatic carbocycles. The normalized spacial score (nSPS) is 20.8. The zero-order valence-electron chi connectivity index (χ0n) is 33.9. The number of amides is 3. The van der Waals surface area contributed by atoms with E-state index in [2.05, 4.69) is 62.3 Å². The van der Waals surface area contributed by atoms with Gasteiger partial charge in [0.2, 0.25) is 5.91 Å². The number of carbonyl (C=O) groups excluding carboxylic acids is 2. The van der Waals surface area contributed by atoms with Crippen molar-refractivity contribution >= 4 is 41.0 Å². The topological polar surface area (TPSA) is 78.3 Å². The van der Waals surface area contributed by atoms with Crippen LogP contribution in [-0.2, 0) is 21.3 Å². The molecule has 1 aromatic heterocycles. The summed E-state index contributed by atoms with van der Waals surface area (Å²) in [6, 6.07) is 17.2. The van der Waals surface area contributed by atoms with Gasteiger partial charge in [0.05, 0.1) is 12.2 Å². The van der Waals surface area contributed by atoms with Crippen LogP contribution in [0.3, 0.4) is 0 Å². The number of carbonyl (C=O) groups is 2. The third kappa shape index (κ3) is 8.60. The van der Waals surface area contributed by atoms with Crippen LogP contribution in [-0.4, -0.2) is 70.2 Å². The van der Waals surface area contributed by atoms with Crippen LogP contribution < -0.4 is 4.74 Å². The molecule has 3 amide bonds. The lowest BCUT2D eigenvalue weighted by Crippen LogP contribution is -2.59. The molecule has 292 valence electrons. The Morgan fingerprint density at radius 3 is 1.94 bits per heavy atom. The SMILES string of the molecule is CCOc1cc(C(C)(C)C)ncc1C1=N[C@@](C)(c2ccc(Cl)cc2)[C@@](C)(c2ccc(Cl)cc2)N1C(=O)N1CCC(CC(=O)N(CC(C)C)CC(C)C)CC1. The molecule has 3 aromatic rings. The molecule has 2 atom stereocenters. The van der Waals surface area contributed by atoms with Gasteiger partial charge in [-0.2, -0.15) is 0 Å². The number of piperidine rings is 1. The lowest BCUT2D eigenvalue weighted by atomic mass is 9.71. The summed E-state index contributed by atoms with van der Waals surface area (Å²) in [5.74, 6) is 2.33. The second kappa shape index (κ2) is 16.6. The molecule has 0 aliphatic carbocycles. The van der Waals surface area contributed by atoms with Gasteiger partial charge >= 0.3 is 6.03 Å². The van der Waals surface area contributed by atoms with Crippen LogP contribution in [0.5, 0.6) is 5.75 Å². The predicted octanol–water partition coefficient (Wildman–Crippen LogP) is 10.3. The first-order valence-electron chi connectivity index (χ1n) is 19.5. The number of nitrogens with zero attached hydrogens (tertiary/aromatic N) is 5.